The summed E-state index contributed by atoms with van der Waals surface area (Å²) in [5.41, 5.74) is 0.600. The molecule has 2 fully saturated rings. The maximum atomic E-state index is 11.7. The van der Waals surface area contributed by atoms with Crippen molar-refractivity contribution >= 4 is 5.97 Å². The lowest BCUT2D eigenvalue weighted by Crippen LogP contribution is -2.33. The zero-order valence-corrected chi connectivity index (χ0v) is 28.5. The van der Waals surface area contributed by atoms with Crippen molar-refractivity contribution in [3.63, 3.8) is 0 Å². The second-order valence-electron chi connectivity index (χ2n) is 14.2. The number of aliphatic hydroxyl groups excluding tert-OH is 4. The Morgan fingerprint density at radius 3 is 1.78 bits per heavy atom. The quantitative estimate of drug-likeness (QED) is 0.0634. The van der Waals surface area contributed by atoms with E-state index in [9.17, 15) is 25.2 Å². The number of unbranched alkanes of at least 4 members (excludes halogenated alkanes) is 11. The zero-order valence-electron chi connectivity index (χ0n) is 28.5. The minimum absolute atomic E-state index is 0.162. The molecule has 0 radical (unpaired) electrons. The third-order valence-corrected chi connectivity index (χ3v) is 10.1. The largest absolute Gasteiger partial charge is 0.455 e. The summed E-state index contributed by atoms with van der Waals surface area (Å²) >= 11 is 0. The number of hydrogen-bond acceptors (Lipinski definition) is 8. The summed E-state index contributed by atoms with van der Waals surface area (Å²) in [7, 11) is 0. The molecule has 2 saturated heterocycles. The highest BCUT2D eigenvalue weighted by atomic mass is 16.5. The molecular formula is C37H66O8. The van der Waals surface area contributed by atoms with Crippen LogP contribution in [0.25, 0.3) is 0 Å². The van der Waals surface area contributed by atoms with Crippen LogP contribution in [0.3, 0.4) is 0 Å². The van der Waals surface area contributed by atoms with Crippen molar-refractivity contribution in [1.29, 1.82) is 0 Å². The molecule has 0 unspecified atom stereocenters. The number of hydrogen-bond donors (Lipinski definition) is 4. The van der Waals surface area contributed by atoms with Crippen LogP contribution in [-0.4, -0.2) is 81.3 Å². The fourth-order valence-electron chi connectivity index (χ4n) is 7.29. The van der Waals surface area contributed by atoms with Gasteiger partial charge in [0.25, 0.3) is 0 Å². The van der Waals surface area contributed by atoms with Crippen LogP contribution in [0.2, 0.25) is 0 Å². The van der Waals surface area contributed by atoms with Crippen LogP contribution >= 0.6 is 0 Å². The van der Waals surface area contributed by atoms with Crippen molar-refractivity contribution in [3.8, 4) is 0 Å². The van der Waals surface area contributed by atoms with Crippen LogP contribution in [0, 0.1) is 0 Å². The van der Waals surface area contributed by atoms with Gasteiger partial charge in [-0.2, -0.15) is 0 Å². The van der Waals surface area contributed by atoms with Gasteiger partial charge in [0.05, 0.1) is 48.8 Å². The molecule has 3 aliphatic heterocycles. The smallest absolute Gasteiger partial charge is 0.334 e. The van der Waals surface area contributed by atoms with Gasteiger partial charge in [-0.25, -0.2) is 4.79 Å². The molecule has 8 nitrogen and oxygen atoms in total. The number of cyclic esters (lactones) is 1. The van der Waals surface area contributed by atoms with Gasteiger partial charge in [0.1, 0.15) is 6.10 Å². The minimum atomic E-state index is -0.627. The summed E-state index contributed by atoms with van der Waals surface area (Å²) in [5, 5.41) is 42.4. The maximum absolute atomic E-state index is 11.7. The molecule has 3 heterocycles. The fraction of sp³-hybridized carbons (Fsp3) is 0.919. The summed E-state index contributed by atoms with van der Waals surface area (Å²) in [6.07, 6.45) is 21.6. The number of carbonyl (C=O) groups is 1. The van der Waals surface area contributed by atoms with Gasteiger partial charge >= 0.3 is 5.97 Å². The van der Waals surface area contributed by atoms with E-state index < -0.39 is 24.4 Å². The molecule has 3 rings (SSSR count). The van der Waals surface area contributed by atoms with E-state index in [-0.39, 0.29) is 36.5 Å². The third kappa shape index (κ3) is 14.7. The molecule has 8 heteroatoms. The van der Waals surface area contributed by atoms with Crippen LogP contribution in [0.4, 0.5) is 0 Å². The Balaban J connectivity index is 1.16. The van der Waals surface area contributed by atoms with Crippen LogP contribution < -0.4 is 0 Å². The van der Waals surface area contributed by atoms with E-state index in [0.717, 1.165) is 83.5 Å². The standard InChI is InChI=1S/C37H66O8/c1-3-4-5-6-7-8-12-15-18-31(39)35-23-24-36(45-35)33(41)21-20-32(40)34-22-19-30(44-34)17-14-11-9-10-13-16-29(38)26-28-25-27(2)43-37(28)42/h25,27,29-36,38-41H,3-24,26H2,1-2H3/t27-,29-,30+,31-,32+,33-,34+,35-,36-/m1/s1. The predicted molar refractivity (Wildman–Crippen MR) is 177 cm³/mol. The van der Waals surface area contributed by atoms with Crippen LogP contribution in [0.1, 0.15) is 162 Å². The van der Waals surface area contributed by atoms with Gasteiger partial charge in [-0.05, 0) is 70.8 Å². The Labute approximate surface area is 273 Å². The zero-order chi connectivity index (χ0) is 32.4. The maximum Gasteiger partial charge on any atom is 0.334 e. The van der Waals surface area contributed by atoms with Crippen LogP contribution in [0.15, 0.2) is 11.6 Å². The molecule has 45 heavy (non-hydrogen) atoms. The van der Waals surface area contributed by atoms with Gasteiger partial charge in [-0.1, -0.05) is 90.4 Å². The van der Waals surface area contributed by atoms with Gasteiger partial charge in [0.2, 0.25) is 0 Å². The van der Waals surface area contributed by atoms with Crippen LogP contribution in [0.5, 0.6) is 0 Å². The molecule has 0 bridgehead atoms. The van der Waals surface area contributed by atoms with Crippen LogP contribution in [-0.2, 0) is 19.0 Å². The van der Waals surface area contributed by atoms with E-state index in [2.05, 4.69) is 6.92 Å². The average molecular weight is 639 g/mol. The van der Waals surface area contributed by atoms with Crippen molar-refractivity contribution < 1.29 is 39.4 Å². The summed E-state index contributed by atoms with van der Waals surface area (Å²) in [5.74, 6) is -0.295. The lowest BCUT2D eigenvalue weighted by atomic mass is 9.98. The average Bonchev–Trinajstić information content (AvgIpc) is 3.77. The van der Waals surface area contributed by atoms with Gasteiger partial charge in [0.15, 0.2) is 0 Å². The number of esters is 1. The van der Waals surface area contributed by atoms with Crippen molar-refractivity contribution in [2.75, 3.05) is 0 Å². The van der Waals surface area contributed by atoms with Gasteiger partial charge in [0, 0.05) is 12.0 Å². The summed E-state index contributed by atoms with van der Waals surface area (Å²) in [6.45, 7) is 4.07. The van der Waals surface area contributed by atoms with E-state index in [1.165, 1.54) is 38.5 Å². The van der Waals surface area contributed by atoms with Gasteiger partial charge in [-0.3, -0.25) is 0 Å². The normalized spacial score (nSPS) is 27.8. The highest BCUT2D eigenvalue weighted by Crippen LogP contribution is 2.31. The molecule has 3 aliphatic rings. The second-order valence-corrected chi connectivity index (χ2v) is 14.2. The number of ether oxygens (including phenoxy) is 3. The predicted octanol–water partition coefficient (Wildman–Crippen LogP) is 6.83. The topological polar surface area (TPSA) is 126 Å². The molecule has 0 aliphatic carbocycles. The fourth-order valence-corrected chi connectivity index (χ4v) is 7.29. The Kier molecular flexibility index (Phi) is 18.6. The lowest BCUT2D eigenvalue weighted by molar-refractivity contribution is -0.139. The van der Waals surface area contributed by atoms with E-state index in [1.807, 2.05) is 6.92 Å². The van der Waals surface area contributed by atoms with Gasteiger partial charge < -0.3 is 34.6 Å². The number of carbonyl (C=O) groups excluding carboxylic acids is 1. The Morgan fingerprint density at radius 1 is 0.667 bits per heavy atom. The van der Waals surface area contributed by atoms with E-state index in [0.29, 0.717) is 31.3 Å². The lowest BCUT2D eigenvalue weighted by Gasteiger charge is -2.24. The Bertz CT molecular complexity index is 833. The molecule has 262 valence electrons. The third-order valence-electron chi connectivity index (χ3n) is 10.1. The van der Waals surface area contributed by atoms with E-state index >= 15 is 0 Å². The van der Waals surface area contributed by atoms with E-state index in [1.54, 1.807) is 6.08 Å². The minimum Gasteiger partial charge on any atom is -0.455 e. The van der Waals surface area contributed by atoms with Crippen molar-refractivity contribution in [3.05, 3.63) is 11.6 Å². The monoisotopic (exact) mass is 638 g/mol. The Hall–Kier alpha value is -1.03. The Morgan fingerprint density at radius 2 is 1.18 bits per heavy atom. The summed E-state index contributed by atoms with van der Waals surface area (Å²) < 4.78 is 17.3. The summed E-state index contributed by atoms with van der Waals surface area (Å²) in [6, 6.07) is 0. The highest BCUT2D eigenvalue weighted by molar-refractivity contribution is 5.90. The number of rotatable bonds is 25. The molecule has 4 N–H and O–H groups in total. The molecular weight excluding hydrogens is 572 g/mol. The first-order valence-corrected chi connectivity index (χ1v) is 18.7. The van der Waals surface area contributed by atoms with Crippen molar-refractivity contribution in [2.24, 2.45) is 0 Å². The molecule has 0 spiro atoms. The molecule has 0 aromatic heterocycles. The SMILES string of the molecule is CCCCCCCCCC[C@@H](O)[C@H]1CC[C@H]([C@H](O)CC[C@H](O)[C@@H]2CC[C@H](CCCCCCC[C@@H](O)CC3=C[C@@H](C)OC3=O)O2)O1. The second kappa shape index (κ2) is 21.8. The molecule has 0 saturated carbocycles. The summed E-state index contributed by atoms with van der Waals surface area (Å²) in [4.78, 5) is 11.7. The number of aliphatic hydroxyl groups is 4. The first-order chi connectivity index (χ1) is 21.8. The van der Waals surface area contributed by atoms with Gasteiger partial charge in [-0.15, -0.1) is 0 Å². The first kappa shape index (κ1) is 38.4. The molecule has 0 aromatic rings. The van der Waals surface area contributed by atoms with Crippen molar-refractivity contribution in [1.82, 2.24) is 0 Å². The highest BCUT2D eigenvalue weighted by Gasteiger charge is 2.36. The molecule has 0 aromatic carbocycles. The van der Waals surface area contributed by atoms with E-state index in [4.69, 9.17) is 14.2 Å². The first-order valence-electron chi connectivity index (χ1n) is 18.7. The molecule has 9 atom stereocenters. The van der Waals surface area contributed by atoms with Crippen molar-refractivity contribution in [2.45, 2.75) is 216 Å². The molecule has 0 amide bonds.